The van der Waals surface area contributed by atoms with Crippen molar-refractivity contribution >= 4 is 23.5 Å². The Morgan fingerprint density at radius 2 is 1.59 bits per heavy atom. The highest BCUT2D eigenvalue weighted by atomic mass is 16.5. The summed E-state index contributed by atoms with van der Waals surface area (Å²) < 4.78 is 5.22. The average Bonchev–Trinajstić information content (AvgIpc) is 2.66. The maximum Gasteiger partial charge on any atom is 0.338 e. The van der Waals surface area contributed by atoms with Crippen molar-refractivity contribution < 1.29 is 19.1 Å². The highest BCUT2D eigenvalue weighted by Gasteiger charge is 2.19. The van der Waals surface area contributed by atoms with Crippen molar-refractivity contribution in [1.29, 1.82) is 0 Å². The number of hydrogen-bond acceptors (Lipinski definition) is 4. The van der Waals surface area contributed by atoms with Crippen LogP contribution in [0.1, 0.15) is 42.6 Å². The summed E-state index contributed by atoms with van der Waals surface area (Å²) in [5, 5.41) is 5.42. The topological polar surface area (TPSA) is 84.5 Å². The third-order valence-corrected chi connectivity index (χ3v) is 4.05. The Bertz CT molecular complexity index is 788. The van der Waals surface area contributed by atoms with Crippen molar-refractivity contribution in [1.82, 2.24) is 5.32 Å². The number of ether oxygens (including phenoxy) is 1. The van der Waals surface area contributed by atoms with Crippen LogP contribution in [-0.4, -0.2) is 30.4 Å². The van der Waals surface area contributed by atoms with E-state index in [1.807, 2.05) is 37.3 Å². The average molecular weight is 368 g/mol. The minimum Gasteiger partial charge on any atom is -0.449 e. The van der Waals surface area contributed by atoms with Crippen LogP contribution in [0.3, 0.4) is 0 Å². The summed E-state index contributed by atoms with van der Waals surface area (Å²) in [5.41, 5.74) is 2.02. The lowest BCUT2D eigenvalue weighted by atomic mass is 10.0. The third-order valence-electron chi connectivity index (χ3n) is 4.05. The molecule has 0 unspecified atom stereocenters. The van der Waals surface area contributed by atoms with E-state index in [9.17, 15) is 14.4 Å². The van der Waals surface area contributed by atoms with Gasteiger partial charge < -0.3 is 15.4 Å². The van der Waals surface area contributed by atoms with E-state index in [2.05, 4.69) is 10.6 Å². The Labute approximate surface area is 158 Å². The molecular formula is C21H24N2O4. The van der Waals surface area contributed by atoms with E-state index in [-0.39, 0.29) is 17.7 Å². The van der Waals surface area contributed by atoms with E-state index >= 15 is 0 Å². The van der Waals surface area contributed by atoms with Gasteiger partial charge in [-0.2, -0.15) is 0 Å². The molecule has 2 rings (SSSR count). The molecule has 2 amide bonds. The highest BCUT2D eigenvalue weighted by Crippen LogP contribution is 2.14. The van der Waals surface area contributed by atoms with Gasteiger partial charge in [-0.05, 0) is 42.7 Å². The highest BCUT2D eigenvalue weighted by molar-refractivity contribution is 5.93. The summed E-state index contributed by atoms with van der Waals surface area (Å²) in [5.74, 6) is -0.983. The summed E-state index contributed by atoms with van der Waals surface area (Å²) in [7, 11) is 0. The number of amides is 2. The van der Waals surface area contributed by atoms with Crippen molar-refractivity contribution in [2.24, 2.45) is 0 Å². The number of benzene rings is 2. The molecule has 0 radical (unpaired) electrons. The molecule has 0 spiro atoms. The fourth-order valence-electron chi connectivity index (χ4n) is 2.47. The van der Waals surface area contributed by atoms with Crippen molar-refractivity contribution in [3.05, 3.63) is 65.7 Å². The Kier molecular flexibility index (Phi) is 7.11. The van der Waals surface area contributed by atoms with Crippen LogP contribution in [0.25, 0.3) is 0 Å². The number of esters is 1. The Hall–Kier alpha value is -3.15. The molecule has 27 heavy (non-hydrogen) atoms. The maximum absolute atomic E-state index is 12.2. The van der Waals surface area contributed by atoms with E-state index in [1.165, 1.54) is 26.0 Å². The molecule has 0 bridgehead atoms. The zero-order valence-corrected chi connectivity index (χ0v) is 15.7. The van der Waals surface area contributed by atoms with Crippen LogP contribution in [0.2, 0.25) is 0 Å². The number of rotatable bonds is 7. The van der Waals surface area contributed by atoms with Crippen molar-refractivity contribution in [3.63, 3.8) is 0 Å². The van der Waals surface area contributed by atoms with Gasteiger partial charge in [0.05, 0.1) is 5.56 Å². The number of carbonyl (C=O) groups excluding carboxylic acids is 3. The quantitative estimate of drug-likeness (QED) is 0.736. The van der Waals surface area contributed by atoms with Crippen LogP contribution < -0.4 is 10.6 Å². The molecule has 0 aliphatic carbocycles. The van der Waals surface area contributed by atoms with Crippen LogP contribution >= 0.6 is 0 Å². The number of anilines is 1. The minimum absolute atomic E-state index is 0.152. The van der Waals surface area contributed by atoms with Gasteiger partial charge in [-0.3, -0.25) is 9.59 Å². The van der Waals surface area contributed by atoms with E-state index in [0.717, 1.165) is 5.56 Å². The summed E-state index contributed by atoms with van der Waals surface area (Å²) in [6.45, 7) is 5.41. The van der Waals surface area contributed by atoms with E-state index in [4.69, 9.17) is 4.74 Å². The monoisotopic (exact) mass is 368 g/mol. The van der Waals surface area contributed by atoms with Gasteiger partial charge in [-0.1, -0.05) is 37.3 Å². The summed E-state index contributed by atoms with van der Waals surface area (Å²) in [6.07, 6.45) is -0.907. The largest absolute Gasteiger partial charge is 0.449 e. The van der Waals surface area contributed by atoms with Crippen LogP contribution in [0.4, 0.5) is 5.69 Å². The standard InChI is InChI=1S/C21H24N2O4/c1-14(17-7-5-4-6-8-17)13-22-20(25)15(2)27-21(26)18-9-11-19(12-10-18)23-16(3)24/h4-12,14-15H,13H2,1-3H3,(H,22,25)(H,23,24)/t14-,15+/m1/s1. The predicted octanol–water partition coefficient (Wildman–Crippen LogP) is 3.11. The molecule has 0 aromatic heterocycles. The molecule has 0 saturated carbocycles. The fourth-order valence-corrected chi connectivity index (χ4v) is 2.47. The lowest BCUT2D eigenvalue weighted by molar-refractivity contribution is -0.129. The molecule has 0 heterocycles. The van der Waals surface area contributed by atoms with Gasteiger partial charge in [0.15, 0.2) is 6.10 Å². The van der Waals surface area contributed by atoms with E-state index in [1.54, 1.807) is 12.1 Å². The van der Waals surface area contributed by atoms with Crippen LogP contribution in [0.5, 0.6) is 0 Å². The number of nitrogens with one attached hydrogen (secondary N) is 2. The maximum atomic E-state index is 12.2. The van der Waals surface area contributed by atoms with E-state index < -0.39 is 12.1 Å². The first-order valence-electron chi connectivity index (χ1n) is 8.78. The SMILES string of the molecule is CC(=O)Nc1ccc(C(=O)O[C@@H](C)C(=O)NC[C@@H](C)c2ccccc2)cc1. The van der Waals surface area contributed by atoms with Crippen molar-refractivity contribution in [2.75, 3.05) is 11.9 Å². The van der Waals surface area contributed by atoms with Gasteiger partial charge in [0.1, 0.15) is 0 Å². The van der Waals surface area contributed by atoms with Crippen LogP contribution in [0.15, 0.2) is 54.6 Å². The summed E-state index contributed by atoms with van der Waals surface area (Å²) in [4.78, 5) is 35.4. The second-order valence-corrected chi connectivity index (χ2v) is 6.36. The first-order chi connectivity index (χ1) is 12.9. The number of carbonyl (C=O) groups is 3. The molecule has 2 atom stereocenters. The smallest absolute Gasteiger partial charge is 0.338 e. The molecule has 2 N–H and O–H groups in total. The second kappa shape index (κ2) is 9.52. The zero-order chi connectivity index (χ0) is 19.8. The summed E-state index contributed by atoms with van der Waals surface area (Å²) in [6, 6.07) is 16.1. The molecular weight excluding hydrogens is 344 g/mol. The third kappa shape index (κ3) is 6.26. The molecule has 6 nitrogen and oxygen atoms in total. The van der Waals surface area contributed by atoms with Crippen molar-refractivity contribution in [2.45, 2.75) is 32.8 Å². The predicted molar refractivity (Wildman–Crippen MR) is 103 cm³/mol. The Morgan fingerprint density at radius 3 is 2.19 bits per heavy atom. The Balaban J connectivity index is 1.84. The molecule has 0 aliphatic rings. The molecule has 0 saturated heterocycles. The Morgan fingerprint density at radius 1 is 0.963 bits per heavy atom. The van der Waals surface area contributed by atoms with Gasteiger partial charge in [0.2, 0.25) is 5.91 Å². The first-order valence-corrected chi connectivity index (χ1v) is 8.78. The fraction of sp³-hybridized carbons (Fsp3) is 0.286. The van der Waals surface area contributed by atoms with Gasteiger partial charge >= 0.3 is 5.97 Å². The molecule has 6 heteroatoms. The molecule has 142 valence electrons. The van der Waals surface area contributed by atoms with Crippen molar-refractivity contribution in [3.8, 4) is 0 Å². The zero-order valence-electron chi connectivity index (χ0n) is 15.7. The normalized spacial score (nSPS) is 12.6. The molecule has 0 aliphatic heterocycles. The number of hydrogen-bond donors (Lipinski definition) is 2. The minimum atomic E-state index is -0.907. The van der Waals surface area contributed by atoms with Crippen LogP contribution in [0, 0.1) is 0 Å². The van der Waals surface area contributed by atoms with E-state index in [0.29, 0.717) is 17.8 Å². The van der Waals surface area contributed by atoms with Gasteiger partial charge in [-0.15, -0.1) is 0 Å². The lowest BCUT2D eigenvalue weighted by Gasteiger charge is -2.16. The van der Waals surface area contributed by atoms with Gasteiger partial charge in [-0.25, -0.2) is 4.79 Å². The lowest BCUT2D eigenvalue weighted by Crippen LogP contribution is -2.37. The molecule has 2 aromatic carbocycles. The molecule has 2 aromatic rings. The summed E-state index contributed by atoms with van der Waals surface area (Å²) >= 11 is 0. The second-order valence-electron chi connectivity index (χ2n) is 6.36. The van der Waals surface area contributed by atoms with Gasteiger partial charge in [0.25, 0.3) is 5.91 Å². The van der Waals surface area contributed by atoms with Crippen LogP contribution in [-0.2, 0) is 14.3 Å². The van der Waals surface area contributed by atoms with Gasteiger partial charge in [0, 0.05) is 19.2 Å². The molecule has 0 fully saturated rings. The first kappa shape index (κ1) is 20.2.